The Morgan fingerprint density at radius 2 is 2.33 bits per heavy atom. The Bertz CT molecular complexity index is 461. The van der Waals surface area contributed by atoms with Crippen LogP contribution in [0.3, 0.4) is 0 Å². The van der Waals surface area contributed by atoms with E-state index in [-0.39, 0.29) is 0 Å². The Labute approximate surface area is 97.8 Å². The molecule has 0 aliphatic carbocycles. The van der Waals surface area contributed by atoms with Crippen LogP contribution in [0.25, 0.3) is 5.13 Å². The number of hydrogen-bond acceptors (Lipinski definition) is 3. The maximum Gasteiger partial charge on any atom is 0.195 e. The Balaban J connectivity index is 2.36. The monoisotopic (exact) mass is 241 g/mol. The molecule has 0 aliphatic rings. The maximum atomic E-state index is 5.70. The molecule has 2 heterocycles. The number of aromatic nitrogens is 3. The number of aryl methyl sites for hydroxylation is 2. The van der Waals surface area contributed by atoms with Crippen molar-refractivity contribution in [3.8, 4) is 5.13 Å². The van der Waals surface area contributed by atoms with Gasteiger partial charge in [0.1, 0.15) is 6.33 Å². The maximum absolute atomic E-state index is 5.70. The van der Waals surface area contributed by atoms with E-state index in [1.54, 1.807) is 17.7 Å². The fourth-order valence-electron chi connectivity index (χ4n) is 1.39. The molecular formula is C10H12ClN3S. The lowest BCUT2D eigenvalue weighted by Crippen LogP contribution is -1.89. The van der Waals surface area contributed by atoms with Gasteiger partial charge in [-0.25, -0.2) is 9.97 Å². The first-order valence-corrected chi connectivity index (χ1v) is 6.15. The first-order valence-electron chi connectivity index (χ1n) is 4.80. The van der Waals surface area contributed by atoms with Gasteiger partial charge >= 0.3 is 0 Å². The molecule has 0 saturated heterocycles. The van der Waals surface area contributed by atoms with Crippen LogP contribution < -0.4 is 0 Å². The van der Waals surface area contributed by atoms with Gasteiger partial charge in [-0.3, -0.25) is 4.57 Å². The van der Waals surface area contributed by atoms with Crippen molar-refractivity contribution in [2.45, 2.75) is 26.1 Å². The predicted octanol–water partition coefficient (Wildman–Crippen LogP) is 2.94. The summed E-state index contributed by atoms with van der Waals surface area (Å²) in [6.07, 6.45) is 4.65. The highest BCUT2D eigenvalue weighted by Crippen LogP contribution is 2.21. The Kier molecular flexibility index (Phi) is 3.07. The van der Waals surface area contributed by atoms with Crippen LogP contribution in [0.1, 0.15) is 23.2 Å². The summed E-state index contributed by atoms with van der Waals surface area (Å²) >= 11 is 7.38. The SMILES string of the molecule is CCc1nc(-n2cnc(CCl)c2)sc1C. The summed E-state index contributed by atoms with van der Waals surface area (Å²) in [5, 5.41) is 0.966. The molecule has 0 atom stereocenters. The molecule has 0 bridgehead atoms. The second-order valence-electron chi connectivity index (χ2n) is 3.26. The van der Waals surface area contributed by atoms with Gasteiger partial charge in [-0.05, 0) is 13.3 Å². The summed E-state index contributed by atoms with van der Waals surface area (Å²) in [6.45, 7) is 4.21. The lowest BCUT2D eigenvalue weighted by molar-refractivity contribution is 0.976. The van der Waals surface area contributed by atoms with Gasteiger partial charge < -0.3 is 0 Å². The van der Waals surface area contributed by atoms with Crippen molar-refractivity contribution in [2.24, 2.45) is 0 Å². The molecule has 0 radical (unpaired) electrons. The van der Waals surface area contributed by atoms with E-state index in [0.29, 0.717) is 5.88 Å². The first kappa shape index (κ1) is 10.6. The molecule has 0 fully saturated rings. The number of nitrogens with zero attached hydrogens (tertiary/aromatic N) is 3. The average molecular weight is 242 g/mol. The summed E-state index contributed by atoms with van der Waals surface area (Å²) in [5.74, 6) is 0.442. The number of hydrogen-bond donors (Lipinski definition) is 0. The molecule has 3 nitrogen and oxygen atoms in total. The van der Waals surface area contributed by atoms with Gasteiger partial charge in [-0.2, -0.15) is 0 Å². The highest BCUT2D eigenvalue weighted by atomic mass is 35.5. The van der Waals surface area contributed by atoms with Gasteiger partial charge in [0, 0.05) is 11.1 Å². The van der Waals surface area contributed by atoms with E-state index in [2.05, 4.69) is 23.8 Å². The quantitative estimate of drug-likeness (QED) is 0.774. The molecular weight excluding hydrogens is 230 g/mol. The zero-order chi connectivity index (χ0) is 10.8. The van der Waals surface area contributed by atoms with Crippen molar-refractivity contribution in [3.05, 3.63) is 28.8 Å². The van der Waals surface area contributed by atoms with Crippen LogP contribution >= 0.6 is 22.9 Å². The molecule has 0 spiro atoms. The van der Waals surface area contributed by atoms with Crippen LogP contribution in [0.15, 0.2) is 12.5 Å². The van der Waals surface area contributed by atoms with E-state index < -0.39 is 0 Å². The van der Waals surface area contributed by atoms with Crippen molar-refractivity contribution < 1.29 is 0 Å². The summed E-state index contributed by atoms with van der Waals surface area (Å²) in [5.41, 5.74) is 2.04. The third-order valence-corrected chi connectivity index (χ3v) is 3.51. The minimum Gasteiger partial charge on any atom is -0.281 e. The summed E-state index contributed by atoms with van der Waals surface area (Å²) in [6, 6.07) is 0. The minimum atomic E-state index is 0.442. The molecule has 0 aromatic carbocycles. The molecule has 80 valence electrons. The average Bonchev–Trinajstić information content (AvgIpc) is 2.83. The molecule has 2 rings (SSSR count). The van der Waals surface area contributed by atoms with Crippen molar-refractivity contribution in [2.75, 3.05) is 0 Å². The molecule has 0 aliphatic heterocycles. The summed E-state index contributed by atoms with van der Waals surface area (Å²) in [7, 11) is 0. The van der Waals surface area contributed by atoms with Crippen molar-refractivity contribution in [3.63, 3.8) is 0 Å². The van der Waals surface area contributed by atoms with Gasteiger partial charge in [0.2, 0.25) is 0 Å². The summed E-state index contributed by atoms with van der Waals surface area (Å²) < 4.78 is 1.93. The van der Waals surface area contributed by atoms with Crippen molar-refractivity contribution >= 4 is 22.9 Å². The molecule has 2 aromatic heterocycles. The number of thiazole rings is 1. The van der Waals surface area contributed by atoms with E-state index in [1.807, 2.05) is 10.8 Å². The lowest BCUT2D eigenvalue weighted by atomic mass is 10.3. The highest BCUT2D eigenvalue weighted by Gasteiger charge is 2.08. The Morgan fingerprint density at radius 1 is 1.53 bits per heavy atom. The Hall–Kier alpha value is -0.870. The molecule has 0 unspecified atom stereocenters. The number of imidazole rings is 1. The molecule has 0 saturated carbocycles. The molecule has 15 heavy (non-hydrogen) atoms. The minimum absolute atomic E-state index is 0.442. The second-order valence-corrected chi connectivity index (χ2v) is 4.71. The van der Waals surface area contributed by atoms with Crippen molar-refractivity contribution in [1.29, 1.82) is 0 Å². The van der Waals surface area contributed by atoms with Crippen LogP contribution in [0, 0.1) is 6.92 Å². The van der Waals surface area contributed by atoms with Crippen LogP contribution in [0.4, 0.5) is 0 Å². The standard InChI is InChI=1S/C10H12ClN3S/c1-3-9-7(2)15-10(13-9)14-5-8(4-11)12-6-14/h5-6H,3-4H2,1-2H3. The molecule has 5 heteroatoms. The van der Waals surface area contributed by atoms with Gasteiger partial charge in [0.15, 0.2) is 5.13 Å². The molecule has 2 aromatic rings. The van der Waals surface area contributed by atoms with E-state index in [1.165, 1.54) is 4.88 Å². The normalized spacial score (nSPS) is 10.9. The fraction of sp³-hybridized carbons (Fsp3) is 0.400. The van der Waals surface area contributed by atoms with E-state index >= 15 is 0 Å². The van der Waals surface area contributed by atoms with E-state index in [4.69, 9.17) is 11.6 Å². The highest BCUT2D eigenvalue weighted by molar-refractivity contribution is 7.14. The lowest BCUT2D eigenvalue weighted by Gasteiger charge is -1.92. The van der Waals surface area contributed by atoms with Crippen LogP contribution in [0.2, 0.25) is 0 Å². The van der Waals surface area contributed by atoms with Crippen molar-refractivity contribution in [1.82, 2.24) is 14.5 Å². The third-order valence-electron chi connectivity index (χ3n) is 2.21. The van der Waals surface area contributed by atoms with E-state index in [0.717, 1.165) is 22.9 Å². The van der Waals surface area contributed by atoms with Crippen LogP contribution in [-0.2, 0) is 12.3 Å². The Morgan fingerprint density at radius 3 is 2.87 bits per heavy atom. The predicted molar refractivity (Wildman–Crippen MR) is 62.9 cm³/mol. The summed E-state index contributed by atoms with van der Waals surface area (Å²) in [4.78, 5) is 9.99. The zero-order valence-corrected chi connectivity index (χ0v) is 10.3. The van der Waals surface area contributed by atoms with Gasteiger partial charge in [0.25, 0.3) is 0 Å². The fourth-order valence-corrected chi connectivity index (χ4v) is 2.47. The number of rotatable bonds is 3. The molecule has 0 N–H and O–H groups in total. The van der Waals surface area contributed by atoms with Crippen LogP contribution in [-0.4, -0.2) is 14.5 Å². The number of halogens is 1. The largest absolute Gasteiger partial charge is 0.281 e. The third kappa shape index (κ3) is 2.06. The van der Waals surface area contributed by atoms with Gasteiger partial charge in [0.05, 0.1) is 17.3 Å². The van der Waals surface area contributed by atoms with Gasteiger partial charge in [-0.1, -0.05) is 6.92 Å². The number of alkyl halides is 1. The smallest absolute Gasteiger partial charge is 0.195 e. The second kappa shape index (κ2) is 4.33. The first-order chi connectivity index (χ1) is 7.24. The van der Waals surface area contributed by atoms with Gasteiger partial charge in [-0.15, -0.1) is 22.9 Å². The van der Waals surface area contributed by atoms with E-state index in [9.17, 15) is 0 Å². The molecule has 0 amide bonds. The zero-order valence-electron chi connectivity index (χ0n) is 8.70. The van der Waals surface area contributed by atoms with Crippen LogP contribution in [0.5, 0.6) is 0 Å². The topological polar surface area (TPSA) is 30.7 Å².